The number of imidazole rings is 1. The summed E-state index contributed by atoms with van der Waals surface area (Å²) in [6.07, 6.45) is 4.75. The van der Waals surface area contributed by atoms with E-state index >= 15 is 0 Å². The predicted molar refractivity (Wildman–Crippen MR) is 116 cm³/mol. The third-order valence-electron chi connectivity index (χ3n) is 4.62. The number of rotatable bonds is 5. The smallest absolute Gasteiger partial charge is 0.274 e. The van der Waals surface area contributed by atoms with Crippen molar-refractivity contribution >= 4 is 34.7 Å². The number of carbonyl (C=O) groups is 2. The molecule has 7 nitrogen and oxygen atoms in total. The molecule has 9 heteroatoms. The Hall–Kier alpha value is -3.78. The van der Waals surface area contributed by atoms with Crippen LogP contribution in [0.1, 0.15) is 27.8 Å². The van der Waals surface area contributed by atoms with Gasteiger partial charge in [-0.25, -0.2) is 14.4 Å². The first-order valence-corrected chi connectivity index (χ1v) is 9.82. The summed E-state index contributed by atoms with van der Waals surface area (Å²) in [5.41, 5.74) is 2.62. The molecular formula is C22H17ClFN5O2. The van der Waals surface area contributed by atoms with Crippen molar-refractivity contribution in [2.24, 2.45) is 0 Å². The molecule has 0 radical (unpaired) electrons. The van der Waals surface area contributed by atoms with Crippen LogP contribution < -0.4 is 10.6 Å². The fourth-order valence-electron chi connectivity index (χ4n) is 3.09. The largest absolute Gasteiger partial charge is 0.352 e. The molecule has 0 atom stereocenters. The van der Waals surface area contributed by atoms with Crippen molar-refractivity contribution in [1.82, 2.24) is 19.7 Å². The molecule has 0 saturated carbocycles. The van der Waals surface area contributed by atoms with Crippen molar-refractivity contribution in [3.8, 4) is 11.1 Å². The van der Waals surface area contributed by atoms with Gasteiger partial charge in [-0.05, 0) is 55.0 Å². The maximum absolute atomic E-state index is 14.2. The molecule has 0 aliphatic rings. The van der Waals surface area contributed by atoms with E-state index in [1.54, 1.807) is 35.9 Å². The number of amides is 2. The Labute approximate surface area is 181 Å². The number of fused-ring (bicyclic) bond motifs is 1. The minimum atomic E-state index is -0.646. The van der Waals surface area contributed by atoms with Gasteiger partial charge in [0.25, 0.3) is 11.8 Å². The monoisotopic (exact) mass is 437 g/mol. The number of carbonyl (C=O) groups excluding carboxylic acids is 2. The first kappa shape index (κ1) is 20.5. The van der Waals surface area contributed by atoms with Crippen LogP contribution in [0.15, 0.2) is 61.1 Å². The number of nitrogens with one attached hydrogen (secondary N) is 2. The van der Waals surface area contributed by atoms with Gasteiger partial charge in [-0.15, -0.1) is 0 Å². The Morgan fingerprint density at radius 2 is 1.87 bits per heavy atom. The molecule has 31 heavy (non-hydrogen) atoms. The van der Waals surface area contributed by atoms with E-state index < -0.39 is 11.7 Å². The molecule has 4 rings (SSSR count). The lowest BCUT2D eigenvalue weighted by Gasteiger charge is -2.09. The second-order valence-corrected chi connectivity index (χ2v) is 7.05. The zero-order valence-corrected chi connectivity index (χ0v) is 17.2. The van der Waals surface area contributed by atoms with Crippen molar-refractivity contribution in [3.63, 3.8) is 0 Å². The molecule has 2 amide bonds. The summed E-state index contributed by atoms with van der Waals surface area (Å²) in [7, 11) is 0. The summed E-state index contributed by atoms with van der Waals surface area (Å²) in [5.74, 6) is -1.55. The maximum Gasteiger partial charge on any atom is 0.274 e. The molecule has 0 spiro atoms. The quantitative estimate of drug-likeness (QED) is 0.458. The predicted octanol–water partition coefficient (Wildman–Crippen LogP) is 4.19. The first-order valence-electron chi connectivity index (χ1n) is 9.44. The molecule has 2 N–H and O–H groups in total. The van der Waals surface area contributed by atoms with Gasteiger partial charge in [0.1, 0.15) is 22.3 Å². The average Bonchev–Trinajstić information content (AvgIpc) is 3.19. The Kier molecular flexibility index (Phi) is 5.64. The molecule has 0 fully saturated rings. The van der Waals surface area contributed by atoms with Crippen LogP contribution in [0.25, 0.3) is 16.8 Å². The summed E-state index contributed by atoms with van der Waals surface area (Å²) in [5, 5.41) is 5.55. The van der Waals surface area contributed by atoms with Crippen molar-refractivity contribution in [2.75, 3.05) is 11.9 Å². The molecular weight excluding hydrogens is 421 g/mol. The van der Waals surface area contributed by atoms with Gasteiger partial charge >= 0.3 is 0 Å². The van der Waals surface area contributed by atoms with Crippen LogP contribution in [0.2, 0.25) is 5.15 Å². The normalized spacial score (nSPS) is 10.8. The first-order chi connectivity index (χ1) is 15.0. The molecule has 156 valence electrons. The zero-order valence-electron chi connectivity index (χ0n) is 16.4. The van der Waals surface area contributed by atoms with E-state index in [0.717, 1.165) is 17.2 Å². The van der Waals surface area contributed by atoms with Crippen molar-refractivity contribution in [1.29, 1.82) is 0 Å². The number of anilines is 1. The third kappa shape index (κ3) is 4.24. The number of pyridine rings is 2. The lowest BCUT2D eigenvalue weighted by atomic mass is 10.1. The number of benzene rings is 1. The minimum Gasteiger partial charge on any atom is -0.352 e. The Bertz CT molecular complexity index is 1290. The van der Waals surface area contributed by atoms with Gasteiger partial charge in [0.2, 0.25) is 0 Å². The van der Waals surface area contributed by atoms with Crippen LogP contribution in [-0.2, 0) is 0 Å². The van der Waals surface area contributed by atoms with Gasteiger partial charge < -0.3 is 10.6 Å². The highest BCUT2D eigenvalue weighted by Gasteiger charge is 2.16. The fraction of sp³-hybridized carbons (Fsp3) is 0.0909. The summed E-state index contributed by atoms with van der Waals surface area (Å²) in [6, 6.07) is 10.9. The number of hydrogen-bond donors (Lipinski definition) is 2. The Morgan fingerprint density at radius 3 is 2.61 bits per heavy atom. The van der Waals surface area contributed by atoms with Crippen LogP contribution >= 0.6 is 11.6 Å². The van der Waals surface area contributed by atoms with Gasteiger partial charge in [-0.1, -0.05) is 11.6 Å². The summed E-state index contributed by atoms with van der Waals surface area (Å²) in [4.78, 5) is 33.1. The van der Waals surface area contributed by atoms with E-state index in [1.165, 1.54) is 18.3 Å². The van der Waals surface area contributed by atoms with Gasteiger partial charge in [0, 0.05) is 30.1 Å². The Balaban J connectivity index is 1.61. The topological polar surface area (TPSA) is 88.4 Å². The van der Waals surface area contributed by atoms with Crippen LogP contribution in [0.3, 0.4) is 0 Å². The lowest BCUT2D eigenvalue weighted by molar-refractivity contribution is 0.0954. The van der Waals surface area contributed by atoms with E-state index in [-0.39, 0.29) is 22.9 Å². The van der Waals surface area contributed by atoms with Crippen molar-refractivity contribution in [3.05, 3.63) is 83.3 Å². The van der Waals surface area contributed by atoms with E-state index in [9.17, 15) is 14.0 Å². The highest BCUT2D eigenvalue weighted by Crippen LogP contribution is 2.23. The van der Waals surface area contributed by atoms with Gasteiger partial charge in [0.05, 0.1) is 11.9 Å². The summed E-state index contributed by atoms with van der Waals surface area (Å²) in [6.45, 7) is 2.22. The van der Waals surface area contributed by atoms with E-state index in [2.05, 4.69) is 20.6 Å². The number of aromatic nitrogens is 3. The van der Waals surface area contributed by atoms with Gasteiger partial charge in [-0.3, -0.25) is 14.0 Å². The molecule has 0 unspecified atom stereocenters. The molecule has 0 aliphatic heterocycles. The second kappa shape index (κ2) is 8.53. The minimum absolute atomic E-state index is 0.0902. The fourth-order valence-corrected chi connectivity index (χ4v) is 3.20. The number of halogens is 2. The molecule has 0 saturated heterocycles. The summed E-state index contributed by atoms with van der Waals surface area (Å²) < 4.78 is 15.8. The van der Waals surface area contributed by atoms with Crippen LogP contribution in [-0.4, -0.2) is 32.7 Å². The highest BCUT2D eigenvalue weighted by molar-refractivity contribution is 6.29. The SMILES string of the molecule is CCNC(=O)c1ccc(F)c(NC(=O)c2cnc3cc(-c4ccc(Cl)nc4)ccn23)c1. The maximum atomic E-state index is 14.2. The standard InChI is InChI=1S/C22H17ClFN5O2/c1-2-25-21(30)14-3-5-16(24)17(9-14)28-22(31)18-12-27-20-10-13(7-8-29(18)20)15-4-6-19(23)26-11-15/h3-12H,2H2,1H3,(H,25,30)(H,28,31). The molecule has 3 aromatic heterocycles. The molecule has 0 bridgehead atoms. The number of nitrogens with zero attached hydrogens (tertiary/aromatic N) is 3. The lowest BCUT2D eigenvalue weighted by Crippen LogP contribution is -2.23. The van der Waals surface area contributed by atoms with Crippen LogP contribution in [0.5, 0.6) is 0 Å². The average molecular weight is 438 g/mol. The molecule has 3 heterocycles. The van der Waals surface area contributed by atoms with Crippen molar-refractivity contribution < 1.29 is 14.0 Å². The number of hydrogen-bond acceptors (Lipinski definition) is 4. The summed E-state index contributed by atoms with van der Waals surface area (Å²) >= 11 is 5.83. The zero-order chi connectivity index (χ0) is 22.0. The van der Waals surface area contributed by atoms with Crippen LogP contribution in [0.4, 0.5) is 10.1 Å². The van der Waals surface area contributed by atoms with Gasteiger partial charge in [-0.2, -0.15) is 0 Å². The van der Waals surface area contributed by atoms with E-state index in [4.69, 9.17) is 11.6 Å². The second-order valence-electron chi connectivity index (χ2n) is 6.66. The van der Waals surface area contributed by atoms with E-state index in [0.29, 0.717) is 17.3 Å². The van der Waals surface area contributed by atoms with Crippen LogP contribution in [0, 0.1) is 5.82 Å². The van der Waals surface area contributed by atoms with Gasteiger partial charge in [0.15, 0.2) is 0 Å². The highest BCUT2D eigenvalue weighted by atomic mass is 35.5. The third-order valence-corrected chi connectivity index (χ3v) is 4.84. The van der Waals surface area contributed by atoms with E-state index in [1.807, 2.05) is 12.1 Å². The Morgan fingerprint density at radius 1 is 1.03 bits per heavy atom. The van der Waals surface area contributed by atoms with Crippen molar-refractivity contribution in [2.45, 2.75) is 6.92 Å². The molecule has 1 aromatic carbocycles. The molecule has 0 aliphatic carbocycles. The molecule has 4 aromatic rings.